The normalized spacial score (nSPS) is 10.4. The number of anilines is 1. The molecule has 0 unspecified atom stereocenters. The maximum Gasteiger partial charge on any atom is 0.320 e. The largest absolute Gasteiger partial charge is 0.349 e. The summed E-state index contributed by atoms with van der Waals surface area (Å²) in [7, 11) is 3.45. The van der Waals surface area contributed by atoms with Crippen LogP contribution >= 0.6 is 0 Å². The lowest BCUT2D eigenvalue weighted by Gasteiger charge is -2.09. The van der Waals surface area contributed by atoms with Crippen molar-refractivity contribution in [3.05, 3.63) is 47.9 Å². The van der Waals surface area contributed by atoms with Crippen molar-refractivity contribution in [3.63, 3.8) is 0 Å². The molecule has 2 N–H and O–H groups in total. The highest BCUT2D eigenvalue weighted by atomic mass is 19.1. The average molecular weight is 347 g/mol. The number of aryl methyl sites for hydroxylation is 1. The summed E-state index contributed by atoms with van der Waals surface area (Å²) < 4.78 is 14.7. The van der Waals surface area contributed by atoms with Crippen LogP contribution in [-0.2, 0) is 17.9 Å². The zero-order valence-corrected chi connectivity index (χ0v) is 14.3. The Morgan fingerprint density at radius 3 is 2.80 bits per heavy atom. The van der Waals surface area contributed by atoms with Crippen molar-refractivity contribution in [1.82, 2.24) is 20.0 Å². The summed E-state index contributed by atoms with van der Waals surface area (Å²) in [5.41, 5.74) is 0.672. The Bertz CT molecular complexity index is 729. The van der Waals surface area contributed by atoms with Crippen molar-refractivity contribution in [1.29, 1.82) is 0 Å². The second-order valence-electron chi connectivity index (χ2n) is 5.79. The van der Waals surface area contributed by atoms with Gasteiger partial charge in [-0.2, -0.15) is 5.10 Å². The summed E-state index contributed by atoms with van der Waals surface area (Å²) in [6.07, 6.45) is 2.86. The Labute approximate surface area is 145 Å². The number of benzene rings is 1. The second-order valence-corrected chi connectivity index (χ2v) is 5.79. The molecule has 2 aromatic rings. The Morgan fingerprint density at radius 1 is 1.28 bits per heavy atom. The molecule has 8 heteroatoms. The molecule has 0 saturated heterocycles. The van der Waals surface area contributed by atoms with Crippen molar-refractivity contribution < 1.29 is 14.0 Å². The summed E-state index contributed by atoms with van der Waals surface area (Å²) in [6.45, 7) is 0.809. The molecule has 0 spiro atoms. The number of carbonyl (C=O) groups excluding carboxylic acids is 2. The number of amides is 3. The SMILES string of the molecule is CN(C)C(=O)CCCn1ccc(NC(=O)NCc2cccc(F)c2)n1. The third-order valence-electron chi connectivity index (χ3n) is 3.50. The number of nitrogens with one attached hydrogen (secondary N) is 2. The highest BCUT2D eigenvalue weighted by Gasteiger charge is 2.07. The lowest BCUT2D eigenvalue weighted by molar-refractivity contribution is -0.128. The molecule has 0 radical (unpaired) electrons. The van der Waals surface area contributed by atoms with Crippen LogP contribution in [0.15, 0.2) is 36.5 Å². The third-order valence-corrected chi connectivity index (χ3v) is 3.50. The van der Waals surface area contributed by atoms with Crippen LogP contribution in [0.5, 0.6) is 0 Å². The molecule has 0 aliphatic heterocycles. The molecule has 1 aromatic carbocycles. The van der Waals surface area contributed by atoms with E-state index in [2.05, 4.69) is 15.7 Å². The Hall–Kier alpha value is -2.90. The minimum Gasteiger partial charge on any atom is -0.349 e. The van der Waals surface area contributed by atoms with Crippen molar-refractivity contribution in [2.75, 3.05) is 19.4 Å². The van der Waals surface area contributed by atoms with E-state index in [1.54, 1.807) is 48.1 Å². The molecular weight excluding hydrogens is 325 g/mol. The smallest absolute Gasteiger partial charge is 0.320 e. The van der Waals surface area contributed by atoms with Gasteiger partial charge in [0.25, 0.3) is 0 Å². The maximum atomic E-state index is 13.1. The van der Waals surface area contributed by atoms with E-state index >= 15 is 0 Å². The lowest BCUT2D eigenvalue weighted by Crippen LogP contribution is -2.28. The van der Waals surface area contributed by atoms with E-state index in [9.17, 15) is 14.0 Å². The molecule has 0 bridgehead atoms. The van der Waals surface area contributed by atoms with Gasteiger partial charge in [-0.15, -0.1) is 0 Å². The van der Waals surface area contributed by atoms with E-state index in [0.717, 1.165) is 0 Å². The predicted octanol–water partition coefficient (Wildman–Crippen LogP) is 2.21. The maximum absolute atomic E-state index is 13.1. The minimum atomic E-state index is -0.419. The van der Waals surface area contributed by atoms with Crippen LogP contribution in [0.2, 0.25) is 0 Å². The molecule has 1 aromatic heterocycles. The first-order chi connectivity index (χ1) is 11.9. The summed E-state index contributed by atoms with van der Waals surface area (Å²) in [6, 6.07) is 7.29. The number of carbonyl (C=O) groups is 2. The van der Waals surface area contributed by atoms with Gasteiger partial charge < -0.3 is 10.2 Å². The standard InChI is InChI=1S/C17H22FN5O2/c1-22(2)16(24)7-4-9-23-10-8-15(21-23)20-17(25)19-12-13-5-3-6-14(18)11-13/h3,5-6,8,10-11H,4,7,9,12H2,1-2H3,(H2,19,20,21,25). The van der Waals surface area contributed by atoms with Crippen LogP contribution in [0.1, 0.15) is 18.4 Å². The Balaban J connectivity index is 1.74. The van der Waals surface area contributed by atoms with E-state index in [-0.39, 0.29) is 18.3 Å². The van der Waals surface area contributed by atoms with Gasteiger partial charge in [-0.1, -0.05) is 12.1 Å². The zero-order valence-electron chi connectivity index (χ0n) is 14.3. The number of hydrogen-bond acceptors (Lipinski definition) is 3. The van der Waals surface area contributed by atoms with E-state index < -0.39 is 6.03 Å². The van der Waals surface area contributed by atoms with Gasteiger partial charge in [0, 0.05) is 45.9 Å². The molecule has 2 rings (SSSR count). The number of aromatic nitrogens is 2. The molecule has 7 nitrogen and oxygen atoms in total. The fraction of sp³-hybridized carbons (Fsp3) is 0.353. The number of halogens is 1. The van der Waals surface area contributed by atoms with E-state index in [4.69, 9.17) is 0 Å². The van der Waals surface area contributed by atoms with E-state index in [0.29, 0.717) is 30.8 Å². The highest BCUT2D eigenvalue weighted by molar-refractivity contribution is 5.88. The quantitative estimate of drug-likeness (QED) is 0.806. The molecule has 0 saturated carbocycles. The number of hydrogen-bond donors (Lipinski definition) is 2. The fourth-order valence-corrected chi connectivity index (χ4v) is 2.16. The summed E-state index contributed by atoms with van der Waals surface area (Å²) >= 11 is 0. The molecule has 0 fully saturated rings. The van der Waals surface area contributed by atoms with Crippen LogP contribution < -0.4 is 10.6 Å². The zero-order chi connectivity index (χ0) is 18.2. The third kappa shape index (κ3) is 6.25. The van der Waals surface area contributed by atoms with Crippen LogP contribution in [0.3, 0.4) is 0 Å². The first kappa shape index (κ1) is 18.4. The number of urea groups is 1. The van der Waals surface area contributed by atoms with Crippen molar-refractivity contribution >= 4 is 17.8 Å². The molecule has 25 heavy (non-hydrogen) atoms. The molecule has 134 valence electrons. The van der Waals surface area contributed by atoms with Crippen LogP contribution in [0.4, 0.5) is 15.0 Å². The van der Waals surface area contributed by atoms with Gasteiger partial charge in [-0.05, 0) is 24.1 Å². The van der Waals surface area contributed by atoms with E-state index in [1.165, 1.54) is 12.1 Å². The summed E-state index contributed by atoms with van der Waals surface area (Å²) in [5, 5.41) is 9.47. The van der Waals surface area contributed by atoms with Gasteiger partial charge in [0.1, 0.15) is 5.82 Å². The first-order valence-electron chi connectivity index (χ1n) is 7.97. The van der Waals surface area contributed by atoms with Crippen molar-refractivity contribution in [2.24, 2.45) is 0 Å². The van der Waals surface area contributed by atoms with Gasteiger partial charge in [-0.3, -0.25) is 14.8 Å². The average Bonchev–Trinajstić information content (AvgIpc) is 3.00. The Kier molecular flexibility index (Phi) is 6.50. The highest BCUT2D eigenvalue weighted by Crippen LogP contribution is 2.06. The van der Waals surface area contributed by atoms with Crippen LogP contribution in [0.25, 0.3) is 0 Å². The topological polar surface area (TPSA) is 79.3 Å². The van der Waals surface area contributed by atoms with Crippen molar-refractivity contribution in [2.45, 2.75) is 25.9 Å². The molecule has 0 aliphatic rings. The Morgan fingerprint density at radius 2 is 2.08 bits per heavy atom. The van der Waals surface area contributed by atoms with Gasteiger partial charge in [0.05, 0.1) is 0 Å². The molecular formula is C17H22FN5O2. The predicted molar refractivity (Wildman–Crippen MR) is 92.4 cm³/mol. The molecule has 0 aliphatic carbocycles. The van der Waals surface area contributed by atoms with Crippen LogP contribution in [0, 0.1) is 5.82 Å². The van der Waals surface area contributed by atoms with Gasteiger partial charge in [-0.25, -0.2) is 9.18 Å². The molecule has 1 heterocycles. The summed E-state index contributed by atoms with van der Waals surface area (Å²) in [4.78, 5) is 24.9. The second kappa shape index (κ2) is 8.81. The van der Waals surface area contributed by atoms with Gasteiger partial charge in [0.2, 0.25) is 5.91 Å². The molecule has 3 amide bonds. The van der Waals surface area contributed by atoms with Gasteiger partial charge >= 0.3 is 6.03 Å². The minimum absolute atomic E-state index is 0.0715. The first-order valence-corrected chi connectivity index (χ1v) is 7.97. The number of rotatable bonds is 7. The fourth-order valence-electron chi connectivity index (χ4n) is 2.16. The van der Waals surface area contributed by atoms with E-state index in [1.807, 2.05) is 0 Å². The van der Waals surface area contributed by atoms with Crippen LogP contribution in [-0.4, -0.2) is 40.7 Å². The summed E-state index contributed by atoms with van der Waals surface area (Å²) in [5.74, 6) is 0.143. The van der Waals surface area contributed by atoms with Crippen molar-refractivity contribution in [3.8, 4) is 0 Å². The number of nitrogens with zero attached hydrogens (tertiary/aromatic N) is 3. The van der Waals surface area contributed by atoms with Gasteiger partial charge in [0.15, 0.2) is 5.82 Å². The monoisotopic (exact) mass is 347 g/mol. The molecule has 0 atom stereocenters. The lowest BCUT2D eigenvalue weighted by atomic mass is 10.2.